The summed E-state index contributed by atoms with van der Waals surface area (Å²) in [6.07, 6.45) is 2.18. The molecule has 1 aromatic heterocycles. The van der Waals surface area contributed by atoms with Gasteiger partial charge >= 0.3 is 0 Å². The van der Waals surface area contributed by atoms with Gasteiger partial charge in [-0.2, -0.15) is 0 Å². The molecule has 3 rings (SSSR count). The lowest BCUT2D eigenvalue weighted by molar-refractivity contribution is 0.716. The third-order valence-electron chi connectivity index (χ3n) is 3.09. The van der Waals surface area contributed by atoms with Crippen molar-refractivity contribution in [1.29, 1.82) is 5.41 Å². The average Bonchev–Trinajstić information content (AvgIpc) is 2.72. The Labute approximate surface area is 92.1 Å². The first kappa shape index (κ1) is 9.27. The number of hydrogen-bond acceptors (Lipinski definition) is 3. The Morgan fingerprint density at radius 3 is 3.06 bits per heavy atom. The second-order valence-electron chi connectivity index (χ2n) is 4.01. The Morgan fingerprint density at radius 2 is 2.25 bits per heavy atom. The second kappa shape index (κ2) is 3.27. The summed E-state index contributed by atoms with van der Waals surface area (Å²) in [6.45, 7) is 0.673. The van der Waals surface area contributed by atoms with Crippen molar-refractivity contribution >= 4 is 17.1 Å². The first-order valence-electron chi connectivity index (χ1n) is 5.31. The highest BCUT2D eigenvalue weighted by molar-refractivity contribution is 5.78. The van der Waals surface area contributed by atoms with Crippen molar-refractivity contribution in [3.8, 4) is 0 Å². The fourth-order valence-corrected chi connectivity index (χ4v) is 2.24. The molecule has 80 valence electrons. The number of rotatable bonds is 1. The first-order valence-corrected chi connectivity index (χ1v) is 5.31. The standard InChI is InChI=1S/C12H11N3O/c13-7-8-5-6-15-11(8)14-10-4-2-1-3-9(10)12(15)16/h1-4,7-8,13H,5-6H2/t8-/m0/s1. The molecular weight excluding hydrogens is 202 g/mol. The molecule has 4 nitrogen and oxygen atoms in total. The molecule has 0 unspecified atom stereocenters. The molecular formula is C12H11N3O. The summed E-state index contributed by atoms with van der Waals surface area (Å²) >= 11 is 0. The number of nitrogens with one attached hydrogen (secondary N) is 1. The van der Waals surface area contributed by atoms with E-state index in [0.29, 0.717) is 11.9 Å². The minimum atomic E-state index is -0.00249. The summed E-state index contributed by atoms with van der Waals surface area (Å²) in [6, 6.07) is 7.37. The van der Waals surface area contributed by atoms with Gasteiger partial charge in [0.15, 0.2) is 0 Å². The smallest absolute Gasteiger partial charge is 0.261 e. The van der Waals surface area contributed by atoms with Crippen molar-refractivity contribution < 1.29 is 0 Å². The molecule has 0 saturated carbocycles. The highest BCUT2D eigenvalue weighted by Crippen LogP contribution is 2.23. The zero-order valence-corrected chi connectivity index (χ0v) is 8.68. The average molecular weight is 213 g/mol. The van der Waals surface area contributed by atoms with Crippen molar-refractivity contribution in [1.82, 2.24) is 9.55 Å². The van der Waals surface area contributed by atoms with Crippen molar-refractivity contribution in [2.45, 2.75) is 18.9 Å². The predicted molar refractivity (Wildman–Crippen MR) is 62.1 cm³/mol. The fourth-order valence-electron chi connectivity index (χ4n) is 2.24. The number of fused-ring (bicyclic) bond motifs is 2. The Hall–Kier alpha value is -1.97. The molecule has 1 aromatic carbocycles. The normalized spacial score (nSPS) is 18.6. The first-order chi connectivity index (χ1) is 7.81. The van der Waals surface area contributed by atoms with E-state index in [9.17, 15) is 4.79 Å². The summed E-state index contributed by atoms with van der Waals surface area (Å²) in [5, 5.41) is 7.99. The topological polar surface area (TPSA) is 58.7 Å². The molecule has 0 radical (unpaired) electrons. The van der Waals surface area contributed by atoms with Gasteiger partial charge < -0.3 is 5.41 Å². The van der Waals surface area contributed by atoms with Crippen LogP contribution in [0.2, 0.25) is 0 Å². The minimum Gasteiger partial charge on any atom is -0.312 e. The van der Waals surface area contributed by atoms with Gasteiger partial charge in [0.05, 0.1) is 16.8 Å². The van der Waals surface area contributed by atoms with Crippen LogP contribution >= 0.6 is 0 Å². The summed E-state index contributed by atoms with van der Waals surface area (Å²) in [5.74, 6) is 0.732. The lowest BCUT2D eigenvalue weighted by Crippen LogP contribution is -2.21. The van der Waals surface area contributed by atoms with Gasteiger partial charge in [0, 0.05) is 12.8 Å². The van der Waals surface area contributed by atoms with Crippen molar-refractivity contribution in [2.75, 3.05) is 0 Å². The second-order valence-corrected chi connectivity index (χ2v) is 4.01. The SMILES string of the molecule is N=C[C@@H]1CCn2c1nc1ccccc1c2=O. The number of aromatic nitrogens is 2. The van der Waals surface area contributed by atoms with Gasteiger partial charge in [0.2, 0.25) is 0 Å². The molecule has 16 heavy (non-hydrogen) atoms. The molecule has 4 heteroatoms. The predicted octanol–water partition coefficient (Wildman–Crippen LogP) is 1.53. The Kier molecular flexibility index (Phi) is 1.89. The largest absolute Gasteiger partial charge is 0.312 e. The lowest BCUT2D eigenvalue weighted by atomic mass is 10.1. The maximum absolute atomic E-state index is 12.1. The van der Waals surface area contributed by atoms with E-state index in [0.717, 1.165) is 17.8 Å². The molecule has 0 aliphatic carbocycles. The van der Waals surface area contributed by atoms with Gasteiger partial charge in [-0.05, 0) is 18.6 Å². The van der Waals surface area contributed by atoms with Crippen molar-refractivity contribution in [3.05, 3.63) is 40.4 Å². The monoisotopic (exact) mass is 213 g/mol. The highest BCUT2D eigenvalue weighted by atomic mass is 16.1. The number of hydrogen-bond donors (Lipinski definition) is 1. The Bertz CT molecular complexity index is 630. The quantitative estimate of drug-likeness (QED) is 0.730. The maximum atomic E-state index is 12.1. The third kappa shape index (κ3) is 1.13. The number of para-hydroxylation sites is 1. The summed E-state index contributed by atoms with van der Waals surface area (Å²) in [7, 11) is 0. The summed E-state index contributed by atoms with van der Waals surface area (Å²) in [5.41, 5.74) is 0.748. The van der Waals surface area contributed by atoms with Gasteiger partial charge in [0.1, 0.15) is 5.82 Å². The van der Waals surface area contributed by atoms with E-state index in [1.807, 2.05) is 18.2 Å². The Balaban J connectivity index is 2.40. The van der Waals surface area contributed by atoms with E-state index in [-0.39, 0.29) is 11.5 Å². The van der Waals surface area contributed by atoms with Crippen LogP contribution in [-0.2, 0) is 6.54 Å². The van der Waals surface area contributed by atoms with Crippen LogP contribution in [0.5, 0.6) is 0 Å². The molecule has 1 aliphatic heterocycles. The van der Waals surface area contributed by atoms with Crippen molar-refractivity contribution in [2.24, 2.45) is 0 Å². The van der Waals surface area contributed by atoms with E-state index in [4.69, 9.17) is 5.41 Å². The molecule has 1 aliphatic rings. The molecule has 0 amide bonds. The number of benzene rings is 1. The van der Waals surface area contributed by atoms with Gasteiger partial charge in [-0.25, -0.2) is 4.98 Å². The minimum absolute atomic E-state index is 0.00249. The third-order valence-corrected chi connectivity index (χ3v) is 3.09. The van der Waals surface area contributed by atoms with E-state index in [2.05, 4.69) is 4.98 Å². The van der Waals surface area contributed by atoms with Crippen LogP contribution in [0.4, 0.5) is 0 Å². The molecule has 0 bridgehead atoms. The van der Waals surface area contributed by atoms with Crippen LogP contribution in [0.1, 0.15) is 18.2 Å². The summed E-state index contributed by atoms with van der Waals surface area (Å²) < 4.78 is 1.69. The maximum Gasteiger partial charge on any atom is 0.261 e. The Morgan fingerprint density at radius 1 is 1.44 bits per heavy atom. The van der Waals surface area contributed by atoms with Crippen LogP contribution < -0.4 is 5.56 Å². The van der Waals surface area contributed by atoms with E-state index < -0.39 is 0 Å². The molecule has 1 atom stereocenters. The van der Waals surface area contributed by atoms with Crippen LogP contribution in [0.25, 0.3) is 10.9 Å². The fraction of sp³-hybridized carbons (Fsp3) is 0.250. The van der Waals surface area contributed by atoms with E-state index in [1.54, 1.807) is 10.6 Å². The lowest BCUT2D eigenvalue weighted by Gasteiger charge is -2.06. The number of nitrogens with zero attached hydrogens (tertiary/aromatic N) is 2. The van der Waals surface area contributed by atoms with Gasteiger partial charge in [-0.15, -0.1) is 0 Å². The van der Waals surface area contributed by atoms with E-state index >= 15 is 0 Å². The zero-order chi connectivity index (χ0) is 11.1. The highest BCUT2D eigenvalue weighted by Gasteiger charge is 2.24. The van der Waals surface area contributed by atoms with Crippen LogP contribution in [0.15, 0.2) is 29.1 Å². The zero-order valence-electron chi connectivity index (χ0n) is 8.68. The van der Waals surface area contributed by atoms with Gasteiger partial charge in [-0.3, -0.25) is 9.36 Å². The molecule has 0 saturated heterocycles. The molecule has 0 spiro atoms. The molecule has 1 N–H and O–H groups in total. The molecule has 0 fully saturated rings. The summed E-state index contributed by atoms with van der Waals surface area (Å²) in [4.78, 5) is 16.6. The van der Waals surface area contributed by atoms with Crippen molar-refractivity contribution in [3.63, 3.8) is 0 Å². The van der Waals surface area contributed by atoms with Crippen LogP contribution in [0, 0.1) is 5.41 Å². The van der Waals surface area contributed by atoms with Gasteiger partial charge in [-0.1, -0.05) is 12.1 Å². The molecule has 2 heterocycles. The van der Waals surface area contributed by atoms with Crippen LogP contribution in [0.3, 0.4) is 0 Å². The van der Waals surface area contributed by atoms with Crippen LogP contribution in [-0.4, -0.2) is 15.8 Å². The van der Waals surface area contributed by atoms with E-state index in [1.165, 1.54) is 6.21 Å². The molecule has 2 aromatic rings. The van der Waals surface area contributed by atoms with Gasteiger partial charge in [0.25, 0.3) is 5.56 Å².